The summed E-state index contributed by atoms with van der Waals surface area (Å²) in [5, 5.41) is 10.8. The van der Waals surface area contributed by atoms with Crippen LogP contribution in [0.25, 0.3) is 6.08 Å². The average molecular weight is 439 g/mol. The van der Waals surface area contributed by atoms with E-state index in [0.717, 1.165) is 0 Å². The number of allylic oxidation sites excluding steroid dienone is 1. The summed E-state index contributed by atoms with van der Waals surface area (Å²) in [5.41, 5.74) is 0.935. The summed E-state index contributed by atoms with van der Waals surface area (Å²) in [6.45, 7) is 3.58. The van der Waals surface area contributed by atoms with Crippen LogP contribution in [0.2, 0.25) is 0 Å². The monoisotopic (exact) mass is 439 g/mol. The lowest BCUT2D eigenvalue weighted by Crippen LogP contribution is -2.39. The van der Waals surface area contributed by atoms with Crippen LogP contribution in [-0.4, -0.2) is 22.1 Å². The summed E-state index contributed by atoms with van der Waals surface area (Å²) >= 11 is 1.17. The molecule has 0 bridgehead atoms. The molecule has 10 heteroatoms. The number of carbonyl (C=O) groups is 1. The van der Waals surface area contributed by atoms with E-state index in [9.17, 15) is 19.7 Å². The highest BCUT2D eigenvalue weighted by atomic mass is 32.1. The molecule has 1 aliphatic rings. The van der Waals surface area contributed by atoms with E-state index in [4.69, 9.17) is 9.15 Å². The third kappa shape index (κ3) is 3.73. The minimum Gasteiger partial charge on any atom is -0.467 e. The number of rotatable bonds is 5. The Balaban J connectivity index is 1.88. The molecule has 2 aromatic heterocycles. The van der Waals surface area contributed by atoms with Crippen LogP contribution < -0.4 is 14.9 Å². The molecule has 0 N–H and O–H groups in total. The largest absolute Gasteiger partial charge is 0.467 e. The molecule has 4 rings (SSSR count). The Bertz CT molecular complexity index is 1360. The predicted molar refractivity (Wildman–Crippen MR) is 112 cm³/mol. The van der Waals surface area contributed by atoms with E-state index in [1.54, 1.807) is 44.2 Å². The summed E-state index contributed by atoms with van der Waals surface area (Å²) in [5.74, 6) is -0.143. The molecular weight excluding hydrogens is 422 g/mol. The van der Waals surface area contributed by atoms with Gasteiger partial charge < -0.3 is 9.15 Å². The lowest BCUT2D eigenvalue weighted by atomic mass is 10.0. The van der Waals surface area contributed by atoms with Gasteiger partial charge in [0.1, 0.15) is 11.8 Å². The molecule has 0 saturated heterocycles. The van der Waals surface area contributed by atoms with Gasteiger partial charge in [0.2, 0.25) is 0 Å². The van der Waals surface area contributed by atoms with E-state index in [1.807, 2.05) is 0 Å². The number of fused-ring (bicyclic) bond motifs is 1. The maximum Gasteiger partial charge on any atom is 0.338 e. The second-order valence-corrected chi connectivity index (χ2v) is 7.68. The SMILES string of the molecule is CCOC(=O)C1=C(C)N=c2s/c(=C/c3ccc([N+](=O)[O-])cc3)c(=O)n2[C@@H]1c1ccco1. The van der Waals surface area contributed by atoms with Gasteiger partial charge in [-0.15, -0.1) is 0 Å². The van der Waals surface area contributed by atoms with Crippen LogP contribution in [0.4, 0.5) is 5.69 Å². The lowest BCUT2D eigenvalue weighted by Gasteiger charge is -2.22. The number of furan rings is 1. The third-order valence-electron chi connectivity index (χ3n) is 4.73. The van der Waals surface area contributed by atoms with E-state index < -0.39 is 16.9 Å². The molecule has 0 radical (unpaired) electrons. The van der Waals surface area contributed by atoms with Crippen LogP contribution in [0.5, 0.6) is 0 Å². The van der Waals surface area contributed by atoms with Gasteiger partial charge in [-0.2, -0.15) is 0 Å². The number of thiazole rings is 1. The highest BCUT2D eigenvalue weighted by Gasteiger charge is 2.34. The zero-order valence-corrected chi connectivity index (χ0v) is 17.4. The first kappa shape index (κ1) is 20.5. The summed E-state index contributed by atoms with van der Waals surface area (Å²) in [6.07, 6.45) is 3.11. The number of carbonyl (C=O) groups excluding carboxylic acids is 1. The van der Waals surface area contributed by atoms with Crippen molar-refractivity contribution in [1.29, 1.82) is 0 Å². The van der Waals surface area contributed by atoms with Gasteiger partial charge in [-0.25, -0.2) is 9.79 Å². The van der Waals surface area contributed by atoms with Crippen molar-refractivity contribution in [3.8, 4) is 0 Å². The van der Waals surface area contributed by atoms with Gasteiger partial charge in [-0.3, -0.25) is 19.5 Å². The number of hydrogen-bond donors (Lipinski definition) is 0. The van der Waals surface area contributed by atoms with Gasteiger partial charge in [0.15, 0.2) is 4.80 Å². The Labute approximate surface area is 179 Å². The van der Waals surface area contributed by atoms with Crippen LogP contribution >= 0.6 is 11.3 Å². The van der Waals surface area contributed by atoms with E-state index in [1.165, 1.54) is 34.3 Å². The van der Waals surface area contributed by atoms with Crippen LogP contribution in [0, 0.1) is 10.1 Å². The quantitative estimate of drug-likeness (QED) is 0.342. The van der Waals surface area contributed by atoms with E-state index in [-0.39, 0.29) is 23.4 Å². The second-order valence-electron chi connectivity index (χ2n) is 6.67. The number of hydrogen-bond acceptors (Lipinski definition) is 8. The summed E-state index contributed by atoms with van der Waals surface area (Å²) in [7, 11) is 0. The van der Waals surface area contributed by atoms with Crippen molar-refractivity contribution in [3.05, 3.63) is 95.1 Å². The van der Waals surface area contributed by atoms with Gasteiger partial charge in [-0.1, -0.05) is 11.3 Å². The lowest BCUT2D eigenvalue weighted by molar-refractivity contribution is -0.384. The molecule has 1 atom stereocenters. The van der Waals surface area contributed by atoms with E-state index in [0.29, 0.717) is 26.4 Å². The molecule has 31 heavy (non-hydrogen) atoms. The Morgan fingerprint density at radius 2 is 2.10 bits per heavy atom. The fraction of sp³-hybridized carbons (Fsp3) is 0.190. The number of nitrogens with zero attached hydrogens (tertiary/aromatic N) is 3. The number of aromatic nitrogens is 1. The van der Waals surface area contributed by atoms with Gasteiger partial charge in [0.25, 0.3) is 11.2 Å². The Hall–Kier alpha value is -3.79. The smallest absolute Gasteiger partial charge is 0.338 e. The van der Waals surface area contributed by atoms with Crippen LogP contribution in [-0.2, 0) is 9.53 Å². The molecule has 9 nitrogen and oxygen atoms in total. The highest BCUT2D eigenvalue weighted by molar-refractivity contribution is 7.07. The standard InChI is InChI=1S/C21H17N3O6S/c1-3-29-20(26)17-12(2)22-21-23(18(17)15-5-4-10-30-15)19(25)16(31-21)11-13-6-8-14(9-7-13)24(27)28/h4-11,18H,3H2,1-2H3/b16-11+/t18-/m1/s1. The van der Waals surface area contributed by atoms with E-state index in [2.05, 4.69) is 4.99 Å². The molecule has 0 fully saturated rings. The van der Waals surface area contributed by atoms with Crippen molar-refractivity contribution < 1.29 is 18.9 Å². The van der Waals surface area contributed by atoms with Gasteiger partial charge in [-0.05, 0) is 49.8 Å². The first-order chi connectivity index (χ1) is 14.9. The molecule has 0 amide bonds. The Morgan fingerprint density at radius 1 is 1.35 bits per heavy atom. The molecule has 0 spiro atoms. The molecule has 1 aromatic carbocycles. The van der Waals surface area contributed by atoms with Crippen molar-refractivity contribution in [3.63, 3.8) is 0 Å². The van der Waals surface area contributed by atoms with Crippen molar-refractivity contribution in [2.24, 2.45) is 4.99 Å². The Kier molecular flexibility index (Phi) is 5.38. The summed E-state index contributed by atoms with van der Waals surface area (Å²) in [4.78, 5) is 41.2. The molecule has 1 aliphatic heterocycles. The minimum absolute atomic E-state index is 0.0360. The van der Waals surface area contributed by atoms with Crippen molar-refractivity contribution in [1.82, 2.24) is 4.57 Å². The van der Waals surface area contributed by atoms with Crippen LogP contribution in [0.1, 0.15) is 31.2 Å². The van der Waals surface area contributed by atoms with E-state index >= 15 is 0 Å². The molecular formula is C21H17N3O6S. The zero-order valence-electron chi connectivity index (χ0n) is 16.6. The molecule has 0 aliphatic carbocycles. The fourth-order valence-corrected chi connectivity index (χ4v) is 4.40. The molecule has 0 unspecified atom stereocenters. The molecule has 0 saturated carbocycles. The number of esters is 1. The fourth-order valence-electron chi connectivity index (χ4n) is 3.35. The van der Waals surface area contributed by atoms with Crippen molar-refractivity contribution in [2.75, 3.05) is 6.61 Å². The third-order valence-corrected chi connectivity index (χ3v) is 5.71. The Morgan fingerprint density at radius 3 is 2.71 bits per heavy atom. The maximum atomic E-state index is 13.3. The topological polar surface area (TPSA) is 117 Å². The number of nitro benzene ring substituents is 1. The molecule has 158 valence electrons. The number of non-ortho nitro benzene ring substituents is 1. The number of benzene rings is 1. The first-order valence-electron chi connectivity index (χ1n) is 9.38. The zero-order chi connectivity index (χ0) is 22.1. The average Bonchev–Trinajstić information content (AvgIpc) is 3.36. The summed E-state index contributed by atoms with van der Waals surface area (Å²) in [6, 6.07) is 8.45. The summed E-state index contributed by atoms with van der Waals surface area (Å²) < 4.78 is 12.5. The number of ether oxygens (including phenoxy) is 1. The van der Waals surface area contributed by atoms with Gasteiger partial charge >= 0.3 is 5.97 Å². The van der Waals surface area contributed by atoms with Crippen LogP contribution in [0.3, 0.4) is 0 Å². The molecule has 3 heterocycles. The maximum absolute atomic E-state index is 13.3. The highest BCUT2D eigenvalue weighted by Crippen LogP contribution is 2.30. The van der Waals surface area contributed by atoms with Gasteiger partial charge in [0.05, 0.1) is 33.6 Å². The first-order valence-corrected chi connectivity index (χ1v) is 10.2. The van der Waals surface area contributed by atoms with Gasteiger partial charge in [0, 0.05) is 12.1 Å². The van der Waals surface area contributed by atoms with Crippen LogP contribution in [0.15, 0.2) is 68.1 Å². The van der Waals surface area contributed by atoms with Crippen molar-refractivity contribution in [2.45, 2.75) is 19.9 Å². The normalized spacial score (nSPS) is 16.1. The van der Waals surface area contributed by atoms with Crippen molar-refractivity contribution >= 4 is 29.1 Å². The number of nitro groups is 1. The minimum atomic E-state index is -0.802. The second kappa shape index (κ2) is 8.15. The molecule has 3 aromatic rings. The predicted octanol–water partition coefficient (Wildman–Crippen LogP) is 2.30.